The Labute approximate surface area is 94.5 Å². The fraction of sp³-hybridized carbons (Fsp3) is 0.600. The van der Waals surface area contributed by atoms with Crippen LogP contribution in [0.25, 0.3) is 0 Å². The summed E-state index contributed by atoms with van der Waals surface area (Å²) in [5.74, 6) is 0. The van der Waals surface area contributed by atoms with Crippen LogP contribution in [0.4, 0.5) is 0 Å². The fourth-order valence-electron chi connectivity index (χ4n) is 1.07. The molecule has 1 rings (SSSR count). The Morgan fingerprint density at radius 3 is 2.71 bits per heavy atom. The first kappa shape index (κ1) is 12.0. The summed E-state index contributed by atoms with van der Waals surface area (Å²) in [5.41, 5.74) is 5.78. The van der Waals surface area contributed by atoms with Gasteiger partial charge in [-0.2, -0.15) is 0 Å². The standard InChI is InChI=1S/C10H17ClN2S/c1-10(2,12)5-6-13-7-8-3-4-9(11)14-8/h3-4,13H,5-7,12H2,1-2H3. The maximum atomic E-state index is 5.86. The van der Waals surface area contributed by atoms with E-state index in [2.05, 4.69) is 5.32 Å². The van der Waals surface area contributed by atoms with Gasteiger partial charge >= 0.3 is 0 Å². The van der Waals surface area contributed by atoms with Crippen LogP contribution in [0.1, 0.15) is 25.1 Å². The number of rotatable bonds is 5. The Kier molecular flexibility index (Phi) is 4.38. The van der Waals surface area contributed by atoms with Crippen LogP contribution in [-0.4, -0.2) is 12.1 Å². The summed E-state index contributed by atoms with van der Waals surface area (Å²) in [6, 6.07) is 3.98. The molecule has 0 aliphatic carbocycles. The van der Waals surface area contributed by atoms with Crippen LogP contribution in [0.15, 0.2) is 12.1 Å². The lowest BCUT2D eigenvalue weighted by atomic mass is 10.0. The summed E-state index contributed by atoms with van der Waals surface area (Å²) < 4.78 is 0.848. The van der Waals surface area contributed by atoms with E-state index in [0.29, 0.717) is 0 Å². The monoisotopic (exact) mass is 232 g/mol. The summed E-state index contributed by atoms with van der Waals surface area (Å²) >= 11 is 7.43. The molecule has 0 bridgehead atoms. The van der Waals surface area contributed by atoms with Crippen molar-refractivity contribution in [2.45, 2.75) is 32.4 Å². The molecule has 0 aliphatic heterocycles. The Hall–Kier alpha value is -0.0900. The molecule has 1 aromatic heterocycles. The molecule has 0 unspecified atom stereocenters. The molecule has 0 spiro atoms. The summed E-state index contributed by atoms with van der Waals surface area (Å²) in [5, 5.41) is 3.34. The maximum Gasteiger partial charge on any atom is 0.0931 e. The molecule has 3 N–H and O–H groups in total. The van der Waals surface area contributed by atoms with Crippen molar-refractivity contribution < 1.29 is 0 Å². The van der Waals surface area contributed by atoms with Crippen molar-refractivity contribution >= 4 is 22.9 Å². The van der Waals surface area contributed by atoms with Crippen LogP contribution < -0.4 is 11.1 Å². The van der Waals surface area contributed by atoms with Crippen LogP contribution >= 0.6 is 22.9 Å². The molecule has 4 heteroatoms. The normalized spacial score (nSPS) is 12.0. The lowest BCUT2D eigenvalue weighted by Gasteiger charge is -2.18. The van der Waals surface area contributed by atoms with Gasteiger partial charge in [0, 0.05) is 17.0 Å². The van der Waals surface area contributed by atoms with E-state index in [1.165, 1.54) is 4.88 Å². The minimum absolute atomic E-state index is 0.0832. The zero-order valence-corrected chi connectivity index (χ0v) is 10.2. The number of halogens is 1. The number of hydrogen-bond donors (Lipinski definition) is 2. The molecule has 0 aromatic carbocycles. The highest BCUT2D eigenvalue weighted by atomic mass is 35.5. The number of nitrogens with two attached hydrogens (primary N) is 1. The van der Waals surface area contributed by atoms with E-state index in [0.717, 1.165) is 23.8 Å². The molecule has 80 valence electrons. The Morgan fingerprint density at radius 2 is 2.21 bits per heavy atom. The quantitative estimate of drug-likeness (QED) is 0.766. The van der Waals surface area contributed by atoms with E-state index < -0.39 is 0 Å². The van der Waals surface area contributed by atoms with Gasteiger partial charge in [-0.25, -0.2) is 0 Å². The molecular weight excluding hydrogens is 216 g/mol. The average Bonchev–Trinajstić information content (AvgIpc) is 2.44. The molecule has 2 nitrogen and oxygen atoms in total. The van der Waals surface area contributed by atoms with Crippen molar-refractivity contribution in [1.82, 2.24) is 5.32 Å². The first-order chi connectivity index (χ1) is 6.47. The van der Waals surface area contributed by atoms with Crippen LogP contribution in [0, 0.1) is 0 Å². The Balaban J connectivity index is 2.16. The molecule has 0 fully saturated rings. The smallest absolute Gasteiger partial charge is 0.0931 e. The minimum Gasteiger partial charge on any atom is -0.326 e. The second-order valence-corrected chi connectivity index (χ2v) is 5.92. The van der Waals surface area contributed by atoms with Gasteiger partial charge in [0.25, 0.3) is 0 Å². The average molecular weight is 233 g/mol. The number of thiophene rings is 1. The second kappa shape index (κ2) is 5.12. The van der Waals surface area contributed by atoms with E-state index >= 15 is 0 Å². The maximum absolute atomic E-state index is 5.86. The fourth-order valence-corrected chi connectivity index (χ4v) is 2.13. The topological polar surface area (TPSA) is 38.0 Å². The predicted molar refractivity (Wildman–Crippen MR) is 63.9 cm³/mol. The van der Waals surface area contributed by atoms with Crippen molar-refractivity contribution in [3.05, 3.63) is 21.3 Å². The van der Waals surface area contributed by atoms with Crippen molar-refractivity contribution in [3.8, 4) is 0 Å². The van der Waals surface area contributed by atoms with Gasteiger partial charge in [-0.1, -0.05) is 11.6 Å². The minimum atomic E-state index is -0.0832. The molecule has 0 saturated heterocycles. The largest absolute Gasteiger partial charge is 0.326 e. The third kappa shape index (κ3) is 4.96. The molecule has 1 aromatic rings. The molecule has 14 heavy (non-hydrogen) atoms. The molecule has 0 aliphatic rings. The van der Waals surface area contributed by atoms with Gasteiger partial charge in [-0.15, -0.1) is 11.3 Å². The van der Waals surface area contributed by atoms with E-state index in [9.17, 15) is 0 Å². The van der Waals surface area contributed by atoms with Crippen LogP contribution in [0.3, 0.4) is 0 Å². The van der Waals surface area contributed by atoms with E-state index in [-0.39, 0.29) is 5.54 Å². The molecule has 0 amide bonds. The molecule has 0 atom stereocenters. The SMILES string of the molecule is CC(C)(N)CCNCc1ccc(Cl)s1. The van der Waals surface area contributed by atoms with E-state index in [1.54, 1.807) is 11.3 Å². The van der Waals surface area contributed by atoms with Crippen molar-refractivity contribution in [3.63, 3.8) is 0 Å². The zero-order chi connectivity index (χ0) is 10.6. The number of hydrogen-bond acceptors (Lipinski definition) is 3. The second-order valence-electron chi connectivity index (χ2n) is 4.12. The first-order valence-electron chi connectivity index (χ1n) is 4.71. The van der Waals surface area contributed by atoms with Gasteiger partial charge in [0.2, 0.25) is 0 Å². The lowest BCUT2D eigenvalue weighted by molar-refractivity contribution is 0.455. The third-order valence-corrected chi connectivity index (χ3v) is 3.11. The summed E-state index contributed by atoms with van der Waals surface area (Å²) in [6.07, 6.45) is 0.978. The highest BCUT2D eigenvalue weighted by molar-refractivity contribution is 7.16. The molecule has 1 heterocycles. The Bertz CT molecular complexity index is 278. The van der Waals surface area contributed by atoms with Crippen molar-refractivity contribution in [2.24, 2.45) is 5.73 Å². The molecule has 0 saturated carbocycles. The third-order valence-electron chi connectivity index (χ3n) is 1.87. The van der Waals surface area contributed by atoms with Gasteiger partial charge in [-0.05, 0) is 38.9 Å². The van der Waals surface area contributed by atoms with Gasteiger partial charge in [0.1, 0.15) is 0 Å². The lowest BCUT2D eigenvalue weighted by Crippen LogP contribution is -2.35. The first-order valence-corrected chi connectivity index (χ1v) is 5.91. The van der Waals surface area contributed by atoms with Crippen molar-refractivity contribution in [2.75, 3.05) is 6.54 Å². The summed E-state index contributed by atoms with van der Waals surface area (Å²) in [6.45, 7) is 5.90. The Morgan fingerprint density at radius 1 is 1.50 bits per heavy atom. The van der Waals surface area contributed by atoms with Crippen LogP contribution in [0.2, 0.25) is 4.34 Å². The van der Waals surface area contributed by atoms with Gasteiger partial charge in [-0.3, -0.25) is 0 Å². The van der Waals surface area contributed by atoms with E-state index in [1.807, 2.05) is 26.0 Å². The summed E-state index contributed by atoms with van der Waals surface area (Å²) in [7, 11) is 0. The van der Waals surface area contributed by atoms with Crippen LogP contribution in [-0.2, 0) is 6.54 Å². The predicted octanol–water partition coefficient (Wildman–Crippen LogP) is 2.62. The number of nitrogens with one attached hydrogen (secondary N) is 1. The van der Waals surface area contributed by atoms with Gasteiger partial charge in [0.15, 0.2) is 0 Å². The highest BCUT2D eigenvalue weighted by Gasteiger charge is 2.09. The van der Waals surface area contributed by atoms with E-state index in [4.69, 9.17) is 17.3 Å². The van der Waals surface area contributed by atoms with Gasteiger partial charge in [0.05, 0.1) is 4.34 Å². The highest BCUT2D eigenvalue weighted by Crippen LogP contribution is 2.20. The van der Waals surface area contributed by atoms with Crippen molar-refractivity contribution in [1.29, 1.82) is 0 Å². The molecule has 0 radical (unpaired) electrons. The summed E-state index contributed by atoms with van der Waals surface area (Å²) in [4.78, 5) is 1.27. The van der Waals surface area contributed by atoms with Gasteiger partial charge < -0.3 is 11.1 Å². The van der Waals surface area contributed by atoms with Crippen LogP contribution in [0.5, 0.6) is 0 Å². The molecular formula is C10H17ClN2S. The zero-order valence-electron chi connectivity index (χ0n) is 8.64.